The Bertz CT molecular complexity index is 915. The SMILES string of the molecule is O=C(Nc1sc2c(c1C(=O)N1CCCCC1)CCCC2)[C@@H]1[C@@H](C(=O)O)[C@H]2C=C[C@@H]1C2. The molecule has 160 valence electrons. The lowest BCUT2D eigenvalue weighted by Gasteiger charge is -2.28. The number of likely N-dealkylation sites (tertiary alicyclic amines) is 1. The van der Waals surface area contributed by atoms with Crippen molar-refractivity contribution in [1.29, 1.82) is 0 Å². The lowest BCUT2D eigenvalue weighted by Crippen LogP contribution is -2.38. The molecule has 1 saturated heterocycles. The van der Waals surface area contributed by atoms with Crippen molar-refractivity contribution < 1.29 is 19.5 Å². The lowest BCUT2D eigenvalue weighted by atomic mass is 9.82. The fourth-order valence-corrected chi connectivity index (χ4v) is 7.13. The van der Waals surface area contributed by atoms with Gasteiger partial charge in [-0.05, 0) is 68.8 Å². The van der Waals surface area contributed by atoms with Crippen LogP contribution in [-0.2, 0) is 22.4 Å². The molecule has 5 rings (SSSR count). The van der Waals surface area contributed by atoms with Gasteiger partial charge in [-0.1, -0.05) is 12.2 Å². The maximum Gasteiger partial charge on any atom is 0.307 e. The van der Waals surface area contributed by atoms with Gasteiger partial charge in [-0.3, -0.25) is 14.4 Å². The number of rotatable bonds is 4. The van der Waals surface area contributed by atoms with E-state index in [2.05, 4.69) is 5.32 Å². The Morgan fingerprint density at radius 2 is 1.67 bits per heavy atom. The minimum atomic E-state index is -0.901. The molecule has 4 aliphatic rings. The number of carboxylic acids is 1. The molecular weight excluding hydrogens is 400 g/mol. The van der Waals surface area contributed by atoms with Gasteiger partial charge < -0.3 is 15.3 Å². The molecule has 30 heavy (non-hydrogen) atoms. The highest BCUT2D eigenvalue weighted by Gasteiger charge is 2.51. The molecule has 2 fully saturated rings. The van der Waals surface area contributed by atoms with Crippen molar-refractivity contribution in [3.8, 4) is 0 Å². The molecule has 0 aromatic carbocycles. The molecule has 0 unspecified atom stereocenters. The molecule has 1 aromatic rings. The molecule has 0 radical (unpaired) electrons. The first-order chi connectivity index (χ1) is 14.5. The summed E-state index contributed by atoms with van der Waals surface area (Å²) in [6.45, 7) is 1.55. The van der Waals surface area contributed by atoms with E-state index in [4.69, 9.17) is 0 Å². The number of carbonyl (C=O) groups is 3. The Labute approximate surface area is 180 Å². The molecule has 1 aromatic heterocycles. The van der Waals surface area contributed by atoms with E-state index < -0.39 is 17.8 Å². The third-order valence-electron chi connectivity index (χ3n) is 7.31. The normalized spacial score (nSPS) is 29.7. The number of carbonyl (C=O) groups excluding carboxylic acids is 2. The summed E-state index contributed by atoms with van der Waals surface area (Å²) >= 11 is 1.53. The van der Waals surface area contributed by atoms with Gasteiger partial charge in [0.1, 0.15) is 5.00 Å². The van der Waals surface area contributed by atoms with Gasteiger partial charge in [0, 0.05) is 18.0 Å². The molecule has 0 spiro atoms. The van der Waals surface area contributed by atoms with Crippen LogP contribution in [0.5, 0.6) is 0 Å². The number of nitrogens with zero attached hydrogens (tertiary/aromatic N) is 1. The highest BCUT2D eigenvalue weighted by molar-refractivity contribution is 7.17. The van der Waals surface area contributed by atoms with E-state index in [-0.39, 0.29) is 23.7 Å². The zero-order valence-corrected chi connectivity index (χ0v) is 17.9. The Hall–Kier alpha value is -2.15. The van der Waals surface area contributed by atoms with Crippen LogP contribution in [0.4, 0.5) is 5.00 Å². The van der Waals surface area contributed by atoms with E-state index in [1.807, 2.05) is 17.1 Å². The fraction of sp³-hybridized carbons (Fsp3) is 0.609. The molecule has 2 heterocycles. The number of fused-ring (bicyclic) bond motifs is 3. The minimum Gasteiger partial charge on any atom is -0.481 e. The van der Waals surface area contributed by atoms with Crippen LogP contribution in [0.3, 0.4) is 0 Å². The number of aryl methyl sites for hydroxylation is 1. The third-order valence-corrected chi connectivity index (χ3v) is 8.52. The quantitative estimate of drug-likeness (QED) is 0.716. The van der Waals surface area contributed by atoms with Crippen LogP contribution < -0.4 is 5.32 Å². The van der Waals surface area contributed by atoms with Crippen molar-refractivity contribution in [2.45, 2.75) is 51.4 Å². The zero-order valence-electron chi connectivity index (χ0n) is 17.1. The van der Waals surface area contributed by atoms with Crippen LogP contribution in [0.1, 0.15) is 59.3 Å². The number of amides is 2. The Morgan fingerprint density at radius 1 is 0.967 bits per heavy atom. The van der Waals surface area contributed by atoms with Gasteiger partial charge in [0.05, 0.1) is 17.4 Å². The van der Waals surface area contributed by atoms with Gasteiger partial charge in [-0.25, -0.2) is 0 Å². The Balaban J connectivity index is 1.45. The second-order valence-corrected chi connectivity index (χ2v) is 10.2. The summed E-state index contributed by atoms with van der Waals surface area (Å²) in [4.78, 5) is 41.7. The van der Waals surface area contributed by atoms with Crippen molar-refractivity contribution in [3.05, 3.63) is 28.2 Å². The molecule has 2 N–H and O–H groups in total. The third kappa shape index (κ3) is 3.27. The highest BCUT2D eigenvalue weighted by atomic mass is 32.1. The first-order valence-corrected chi connectivity index (χ1v) is 12.0. The first-order valence-electron chi connectivity index (χ1n) is 11.2. The van der Waals surface area contributed by atoms with Gasteiger partial charge in [0.25, 0.3) is 5.91 Å². The molecule has 4 atom stereocenters. The summed E-state index contributed by atoms with van der Waals surface area (Å²) in [5.41, 5.74) is 1.79. The Kier molecular flexibility index (Phi) is 5.17. The molecule has 1 aliphatic heterocycles. The smallest absolute Gasteiger partial charge is 0.307 e. The highest BCUT2D eigenvalue weighted by Crippen LogP contribution is 2.49. The van der Waals surface area contributed by atoms with Gasteiger partial charge in [-0.2, -0.15) is 0 Å². The second-order valence-electron chi connectivity index (χ2n) is 9.10. The molecule has 1 saturated carbocycles. The van der Waals surface area contributed by atoms with Crippen LogP contribution in [0.25, 0.3) is 0 Å². The Morgan fingerprint density at radius 3 is 2.40 bits per heavy atom. The number of nitrogens with one attached hydrogen (secondary N) is 1. The topological polar surface area (TPSA) is 86.7 Å². The van der Waals surface area contributed by atoms with Crippen LogP contribution in [0.2, 0.25) is 0 Å². The van der Waals surface area contributed by atoms with Crippen molar-refractivity contribution in [2.24, 2.45) is 23.7 Å². The molecule has 3 aliphatic carbocycles. The summed E-state index contributed by atoms with van der Waals surface area (Å²) in [6.07, 6.45) is 11.9. The first kappa shape index (κ1) is 19.8. The number of anilines is 1. The number of allylic oxidation sites excluding steroid dienone is 2. The summed E-state index contributed by atoms with van der Waals surface area (Å²) < 4.78 is 0. The zero-order chi connectivity index (χ0) is 20.8. The van der Waals surface area contributed by atoms with E-state index in [9.17, 15) is 19.5 Å². The number of hydrogen-bond acceptors (Lipinski definition) is 4. The molecule has 6 nitrogen and oxygen atoms in total. The van der Waals surface area contributed by atoms with E-state index in [0.29, 0.717) is 10.6 Å². The number of thiophene rings is 1. The predicted octanol–water partition coefficient (Wildman–Crippen LogP) is 3.71. The molecule has 2 bridgehead atoms. The second kappa shape index (κ2) is 7.84. The molecular formula is C23H28N2O4S. The van der Waals surface area contributed by atoms with Gasteiger partial charge in [-0.15, -0.1) is 11.3 Å². The van der Waals surface area contributed by atoms with Crippen molar-refractivity contribution >= 4 is 34.1 Å². The molecule has 7 heteroatoms. The largest absolute Gasteiger partial charge is 0.481 e. The van der Waals surface area contributed by atoms with Gasteiger partial charge >= 0.3 is 5.97 Å². The monoisotopic (exact) mass is 428 g/mol. The van der Waals surface area contributed by atoms with Crippen molar-refractivity contribution in [3.63, 3.8) is 0 Å². The standard InChI is InChI=1S/C23H28N2O4S/c26-20(17-13-8-9-14(12-13)18(17)23(28)29)24-21-19(15-6-2-3-7-16(15)30-21)22(27)25-10-4-1-5-11-25/h8-9,13-14,17-18H,1-7,10-12H2,(H,24,26)(H,28,29)/t13-,14+,17+,18+/m1/s1. The average Bonchev–Trinajstić information content (AvgIpc) is 3.46. The van der Waals surface area contributed by atoms with Crippen molar-refractivity contribution in [1.82, 2.24) is 4.90 Å². The van der Waals surface area contributed by atoms with E-state index in [1.54, 1.807) is 0 Å². The van der Waals surface area contributed by atoms with Crippen LogP contribution >= 0.6 is 11.3 Å². The molecule has 2 amide bonds. The van der Waals surface area contributed by atoms with E-state index >= 15 is 0 Å². The number of hydrogen-bond donors (Lipinski definition) is 2. The summed E-state index contributed by atoms with van der Waals surface area (Å²) in [5, 5.41) is 13.4. The maximum atomic E-state index is 13.4. The van der Waals surface area contributed by atoms with Crippen LogP contribution in [-0.4, -0.2) is 40.9 Å². The number of aliphatic carboxylic acids is 1. The van der Waals surface area contributed by atoms with E-state index in [1.165, 1.54) is 16.2 Å². The predicted molar refractivity (Wildman–Crippen MR) is 115 cm³/mol. The van der Waals surface area contributed by atoms with Gasteiger partial charge in [0.15, 0.2) is 0 Å². The maximum absolute atomic E-state index is 13.4. The van der Waals surface area contributed by atoms with E-state index in [0.717, 1.165) is 70.0 Å². The fourth-order valence-electron chi connectivity index (χ4n) is 5.85. The number of piperidine rings is 1. The van der Waals surface area contributed by atoms with Crippen LogP contribution in [0.15, 0.2) is 12.2 Å². The minimum absolute atomic E-state index is 0.0214. The lowest BCUT2D eigenvalue weighted by molar-refractivity contribution is -0.146. The van der Waals surface area contributed by atoms with Gasteiger partial charge in [0.2, 0.25) is 5.91 Å². The average molecular weight is 429 g/mol. The van der Waals surface area contributed by atoms with Crippen LogP contribution in [0, 0.1) is 23.7 Å². The summed E-state index contributed by atoms with van der Waals surface area (Å²) in [6, 6.07) is 0. The van der Waals surface area contributed by atoms with Crippen molar-refractivity contribution in [2.75, 3.05) is 18.4 Å². The summed E-state index contributed by atoms with van der Waals surface area (Å²) in [5.74, 6) is -2.42. The summed E-state index contributed by atoms with van der Waals surface area (Å²) in [7, 11) is 0. The number of carboxylic acid groups (broad SMARTS) is 1.